The molecule has 0 bridgehead atoms. The molecule has 106 valence electrons. The molecule has 20 heavy (non-hydrogen) atoms. The number of aromatic nitrogens is 2. The fourth-order valence-corrected chi connectivity index (χ4v) is 3.10. The molecule has 7 heteroatoms. The van der Waals surface area contributed by atoms with Gasteiger partial charge in [0.25, 0.3) is 0 Å². The van der Waals surface area contributed by atoms with Crippen molar-refractivity contribution in [1.29, 1.82) is 0 Å². The van der Waals surface area contributed by atoms with Gasteiger partial charge in [0.15, 0.2) is 0 Å². The lowest BCUT2D eigenvalue weighted by atomic mass is 10.1. The highest BCUT2D eigenvalue weighted by Crippen LogP contribution is 2.36. The normalized spacial score (nSPS) is 18.4. The van der Waals surface area contributed by atoms with E-state index >= 15 is 0 Å². The first-order valence-corrected chi connectivity index (χ1v) is 7.05. The van der Waals surface area contributed by atoms with E-state index in [2.05, 4.69) is 5.10 Å². The predicted octanol–water partition coefficient (Wildman–Crippen LogP) is 2.24. The maximum atomic E-state index is 11.8. The largest absolute Gasteiger partial charge is 0.387 e. The number of benzene rings is 1. The van der Waals surface area contributed by atoms with Crippen LogP contribution >= 0.6 is 23.2 Å². The lowest BCUT2D eigenvalue weighted by Crippen LogP contribution is -2.42. The molecular formula is C13H13Cl2N3O2. The molecule has 0 radical (unpaired) electrons. The molecule has 0 saturated heterocycles. The molecule has 5 nitrogen and oxygen atoms in total. The van der Waals surface area contributed by atoms with E-state index in [1.54, 1.807) is 11.0 Å². The summed E-state index contributed by atoms with van der Waals surface area (Å²) < 4.78 is 1.86. The predicted molar refractivity (Wildman–Crippen MR) is 77.0 cm³/mol. The number of halogens is 2. The summed E-state index contributed by atoms with van der Waals surface area (Å²) in [5, 5.41) is 15.3. The molecule has 2 heterocycles. The van der Waals surface area contributed by atoms with E-state index < -0.39 is 6.61 Å². The van der Waals surface area contributed by atoms with Crippen molar-refractivity contribution >= 4 is 40.0 Å². The number of carbonyl (C=O) groups excluding carboxylic acids is 1. The van der Waals surface area contributed by atoms with Gasteiger partial charge in [-0.2, -0.15) is 5.10 Å². The Morgan fingerprint density at radius 2 is 2.20 bits per heavy atom. The van der Waals surface area contributed by atoms with E-state index in [0.29, 0.717) is 28.7 Å². The van der Waals surface area contributed by atoms with Crippen LogP contribution in [0.3, 0.4) is 0 Å². The summed E-state index contributed by atoms with van der Waals surface area (Å²) in [5.74, 6) is -0.279. The summed E-state index contributed by atoms with van der Waals surface area (Å²) in [7, 11) is 0. The Hall–Kier alpha value is -1.30. The van der Waals surface area contributed by atoms with E-state index in [0.717, 1.165) is 11.1 Å². The van der Waals surface area contributed by atoms with Gasteiger partial charge in [-0.15, -0.1) is 0 Å². The van der Waals surface area contributed by atoms with Crippen LogP contribution in [-0.4, -0.2) is 38.8 Å². The Balaban J connectivity index is 2.17. The summed E-state index contributed by atoms with van der Waals surface area (Å²) in [4.78, 5) is 13.4. The molecule has 1 aromatic heterocycles. The molecule has 1 N–H and O–H groups in total. The van der Waals surface area contributed by atoms with Gasteiger partial charge in [0, 0.05) is 11.9 Å². The number of nitrogens with zero attached hydrogens (tertiary/aromatic N) is 3. The summed E-state index contributed by atoms with van der Waals surface area (Å²) in [6, 6.07) is 3.44. The topological polar surface area (TPSA) is 58.4 Å². The molecular weight excluding hydrogens is 301 g/mol. The van der Waals surface area contributed by atoms with Crippen molar-refractivity contribution in [2.45, 2.75) is 19.5 Å². The van der Waals surface area contributed by atoms with Crippen molar-refractivity contribution in [3.63, 3.8) is 0 Å². The number of hydrogen-bond donors (Lipinski definition) is 1. The van der Waals surface area contributed by atoms with Crippen LogP contribution < -0.4 is 0 Å². The molecule has 0 saturated carbocycles. The monoisotopic (exact) mass is 313 g/mol. The van der Waals surface area contributed by atoms with Crippen LogP contribution in [0.2, 0.25) is 10.0 Å². The lowest BCUT2D eigenvalue weighted by Gasteiger charge is -2.33. The van der Waals surface area contributed by atoms with Crippen LogP contribution in [0.15, 0.2) is 12.1 Å². The van der Waals surface area contributed by atoms with Gasteiger partial charge in [0.2, 0.25) is 5.91 Å². The van der Waals surface area contributed by atoms with Gasteiger partial charge in [0.1, 0.15) is 12.1 Å². The molecule has 1 atom stereocenters. The highest BCUT2D eigenvalue weighted by Gasteiger charge is 2.30. The van der Waals surface area contributed by atoms with Crippen LogP contribution in [0.4, 0.5) is 0 Å². The maximum Gasteiger partial charge on any atom is 0.248 e. The van der Waals surface area contributed by atoms with Gasteiger partial charge in [-0.05, 0) is 19.1 Å². The minimum absolute atomic E-state index is 0.161. The van der Waals surface area contributed by atoms with Gasteiger partial charge < -0.3 is 10.0 Å². The third-order valence-corrected chi connectivity index (χ3v) is 4.51. The number of aliphatic hydroxyl groups is 1. The first-order chi connectivity index (χ1) is 9.54. The SMILES string of the molecule is CC1c2c3ccc(Cl)c(Cl)c3nn2CCN1C(=O)CO. The second-order valence-corrected chi connectivity index (χ2v) is 5.57. The maximum absolute atomic E-state index is 11.8. The molecule has 1 aliphatic rings. The van der Waals surface area contributed by atoms with Crippen molar-refractivity contribution < 1.29 is 9.90 Å². The fourth-order valence-electron chi connectivity index (χ4n) is 2.74. The number of fused-ring (bicyclic) bond motifs is 3. The van der Waals surface area contributed by atoms with E-state index in [9.17, 15) is 4.79 Å². The quantitative estimate of drug-likeness (QED) is 0.878. The number of aliphatic hydroxyl groups excluding tert-OH is 1. The van der Waals surface area contributed by atoms with Crippen LogP contribution in [0.1, 0.15) is 18.7 Å². The van der Waals surface area contributed by atoms with Gasteiger partial charge in [0.05, 0.1) is 28.3 Å². The summed E-state index contributed by atoms with van der Waals surface area (Å²) >= 11 is 12.2. The summed E-state index contributed by atoms with van der Waals surface area (Å²) in [6.45, 7) is 2.53. The fraction of sp³-hybridized carbons (Fsp3) is 0.385. The third-order valence-electron chi connectivity index (χ3n) is 3.72. The zero-order valence-corrected chi connectivity index (χ0v) is 12.3. The van der Waals surface area contributed by atoms with Crippen molar-refractivity contribution in [3.05, 3.63) is 27.9 Å². The van der Waals surface area contributed by atoms with Crippen LogP contribution in [-0.2, 0) is 11.3 Å². The van der Waals surface area contributed by atoms with Crippen LogP contribution in [0, 0.1) is 0 Å². The van der Waals surface area contributed by atoms with Gasteiger partial charge in [-0.3, -0.25) is 9.48 Å². The van der Waals surface area contributed by atoms with Crippen molar-refractivity contribution in [2.24, 2.45) is 0 Å². The molecule has 1 amide bonds. The number of carbonyl (C=O) groups is 1. The van der Waals surface area contributed by atoms with E-state index in [1.165, 1.54) is 0 Å². The molecule has 3 rings (SSSR count). The van der Waals surface area contributed by atoms with Gasteiger partial charge >= 0.3 is 0 Å². The number of rotatable bonds is 1. The molecule has 1 aromatic carbocycles. The zero-order chi connectivity index (χ0) is 14.4. The summed E-state index contributed by atoms with van der Waals surface area (Å²) in [6.07, 6.45) is 0. The second kappa shape index (κ2) is 4.91. The Kier molecular flexibility index (Phi) is 3.36. The molecule has 0 aliphatic carbocycles. The van der Waals surface area contributed by atoms with Gasteiger partial charge in [-0.1, -0.05) is 23.2 Å². The Bertz CT molecular complexity index is 698. The smallest absolute Gasteiger partial charge is 0.248 e. The second-order valence-electron chi connectivity index (χ2n) is 4.79. The van der Waals surface area contributed by atoms with Gasteiger partial charge in [-0.25, -0.2) is 0 Å². The van der Waals surface area contributed by atoms with E-state index in [4.69, 9.17) is 28.3 Å². The zero-order valence-electron chi connectivity index (χ0n) is 10.8. The minimum Gasteiger partial charge on any atom is -0.387 e. The van der Waals surface area contributed by atoms with Crippen molar-refractivity contribution in [2.75, 3.05) is 13.2 Å². The first kappa shape index (κ1) is 13.7. The summed E-state index contributed by atoms with van der Waals surface area (Å²) in [5.41, 5.74) is 1.57. The lowest BCUT2D eigenvalue weighted by molar-refractivity contribution is -0.137. The Morgan fingerprint density at radius 3 is 2.90 bits per heavy atom. The van der Waals surface area contributed by atoms with Crippen LogP contribution in [0.25, 0.3) is 10.9 Å². The molecule has 2 aromatic rings. The minimum atomic E-state index is -0.483. The Morgan fingerprint density at radius 1 is 1.45 bits per heavy atom. The van der Waals surface area contributed by atoms with Crippen LogP contribution in [0.5, 0.6) is 0 Å². The first-order valence-electron chi connectivity index (χ1n) is 6.29. The highest BCUT2D eigenvalue weighted by atomic mass is 35.5. The van der Waals surface area contributed by atoms with E-state index in [-0.39, 0.29) is 11.9 Å². The van der Waals surface area contributed by atoms with Crippen molar-refractivity contribution in [1.82, 2.24) is 14.7 Å². The van der Waals surface area contributed by atoms with Crippen molar-refractivity contribution in [3.8, 4) is 0 Å². The molecule has 0 spiro atoms. The average Bonchev–Trinajstić information content (AvgIpc) is 2.83. The standard InChI is InChI=1S/C13H13Cl2N3O2/c1-7-13-8-2-3-9(14)11(15)12(8)16-18(13)5-4-17(7)10(20)6-19/h2-3,7,19H,4-6H2,1H3. The molecule has 0 fully saturated rings. The molecule has 1 aliphatic heterocycles. The van der Waals surface area contributed by atoms with E-state index in [1.807, 2.05) is 17.7 Å². The molecule has 1 unspecified atom stereocenters. The Labute approximate surface area is 125 Å². The number of hydrogen-bond acceptors (Lipinski definition) is 3. The third kappa shape index (κ3) is 1.89. The number of amides is 1. The average molecular weight is 314 g/mol. The highest BCUT2D eigenvalue weighted by molar-refractivity contribution is 6.45.